The second kappa shape index (κ2) is 10.7. The molecule has 0 bridgehead atoms. The lowest BCUT2D eigenvalue weighted by Crippen LogP contribution is -2.48. The van der Waals surface area contributed by atoms with Gasteiger partial charge in [-0.05, 0) is 49.1 Å². The Kier molecular flexibility index (Phi) is 7.71. The highest BCUT2D eigenvalue weighted by Gasteiger charge is 2.35. The van der Waals surface area contributed by atoms with E-state index in [0.717, 1.165) is 24.1 Å². The van der Waals surface area contributed by atoms with Gasteiger partial charge in [0.25, 0.3) is 0 Å². The van der Waals surface area contributed by atoms with Crippen molar-refractivity contribution < 1.29 is 19.1 Å². The zero-order valence-corrected chi connectivity index (χ0v) is 19.4. The molecular weight excluding hydrogens is 420 g/mol. The number of benzene rings is 2. The van der Waals surface area contributed by atoms with Crippen molar-refractivity contribution >= 4 is 29.4 Å². The summed E-state index contributed by atoms with van der Waals surface area (Å²) in [6, 6.07) is 13.4. The summed E-state index contributed by atoms with van der Waals surface area (Å²) < 4.78 is 4.99. The third-order valence-corrected chi connectivity index (χ3v) is 5.60. The van der Waals surface area contributed by atoms with Gasteiger partial charge in [-0.1, -0.05) is 44.2 Å². The van der Waals surface area contributed by atoms with Gasteiger partial charge in [-0.2, -0.15) is 0 Å². The number of aryl methyl sites for hydroxylation is 1. The third kappa shape index (κ3) is 5.34. The summed E-state index contributed by atoms with van der Waals surface area (Å²) in [6.07, 6.45) is 1.57. The molecule has 0 aliphatic carbocycles. The van der Waals surface area contributed by atoms with Gasteiger partial charge in [0.1, 0.15) is 0 Å². The fraction of sp³-hybridized carbons (Fsp3) is 0.320. The van der Waals surface area contributed by atoms with Crippen molar-refractivity contribution in [1.29, 1.82) is 0 Å². The van der Waals surface area contributed by atoms with Crippen LogP contribution >= 0.6 is 0 Å². The van der Waals surface area contributed by atoms with Crippen molar-refractivity contribution in [1.82, 2.24) is 10.2 Å². The molecule has 3 rings (SSSR count). The van der Waals surface area contributed by atoms with Gasteiger partial charge in [-0.25, -0.2) is 14.4 Å². The minimum atomic E-state index is -0.641. The summed E-state index contributed by atoms with van der Waals surface area (Å²) in [5.74, 6) is -0.491. The number of esters is 1. The summed E-state index contributed by atoms with van der Waals surface area (Å²) in [6.45, 7) is 6.25. The molecule has 0 aromatic heterocycles. The van der Waals surface area contributed by atoms with Gasteiger partial charge in [0.2, 0.25) is 0 Å². The van der Waals surface area contributed by atoms with Crippen LogP contribution in [0.4, 0.5) is 21.0 Å². The van der Waals surface area contributed by atoms with Gasteiger partial charge < -0.3 is 20.7 Å². The number of carbonyl (C=O) groups excluding carboxylic acids is 3. The Morgan fingerprint density at radius 2 is 1.76 bits per heavy atom. The van der Waals surface area contributed by atoms with Crippen molar-refractivity contribution in [3.63, 3.8) is 0 Å². The van der Waals surface area contributed by atoms with E-state index in [1.165, 1.54) is 7.11 Å². The van der Waals surface area contributed by atoms with Crippen LogP contribution in [0.1, 0.15) is 44.4 Å². The van der Waals surface area contributed by atoms with E-state index in [-0.39, 0.29) is 12.1 Å². The number of carbonyl (C=O) groups is 3. The van der Waals surface area contributed by atoms with E-state index < -0.39 is 12.0 Å². The highest BCUT2D eigenvalue weighted by atomic mass is 16.5. The molecule has 8 heteroatoms. The number of amides is 4. The summed E-state index contributed by atoms with van der Waals surface area (Å²) >= 11 is 0. The lowest BCUT2D eigenvalue weighted by Gasteiger charge is -2.35. The minimum absolute atomic E-state index is 0.261. The molecule has 174 valence electrons. The first-order chi connectivity index (χ1) is 15.9. The Bertz CT molecular complexity index is 1060. The maximum absolute atomic E-state index is 12.6. The van der Waals surface area contributed by atoms with Crippen LogP contribution in [0.2, 0.25) is 0 Å². The molecule has 0 saturated carbocycles. The smallest absolute Gasteiger partial charge is 0.337 e. The lowest BCUT2D eigenvalue weighted by molar-refractivity contribution is -0.136. The van der Waals surface area contributed by atoms with Crippen molar-refractivity contribution in [2.24, 2.45) is 0 Å². The molecule has 0 fully saturated rings. The maximum Gasteiger partial charge on any atom is 0.337 e. The average molecular weight is 451 g/mol. The van der Waals surface area contributed by atoms with Crippen LogP contribution in [0.15, 0.2) is 59.8 Å². The minimum Gasteiger partial charge on any atom is -0.466 e. The number of allylic oxidation sites excluding steroid dienone is 1. The second-order valence-corrected chi connectivity index (χ2v) is 7.74. The van der Waals surface area contributed by atoms with Crippen molar-refractivity contribution in [3.8, 4) is 0 Å². The first-order valence-electron chi connectivity index (χ1n) is 11.0. The molecular formula is C25H30N4O4. The van der Waals surface area contributed by atoms with Gasteiger partial charge in [0, 0.05) is 23.6 Å². The molecule has 1 heterocycles. The van der Waals surface area contributed by atoms with E-state index in [0.29, 0.717) is 29.1 Å². The molecule has 1 aliphatic heterocycles. The maximum atomic E-state index is 12.6. The summed E-state index contributed by atoms with van der Waals surface area (Å²) in [4.78, 5) is 39.2. The summed E-state index contributed by atoms with van der Waals surface area (Å²) in [5, 5.41) is 8.57. The van der Waals surface area contributed by atoms with Crippen LogP contribution in [0.3, 0.4) is 0 Å². The zero-order chi connectivity index (χ0) is 24.0. The second-order valence-electron chi connectivity index (χ2n) is 7.74. The largest absolute Gasteiger partial charge is 0.466 e. The van der Waals surface area contributed by atoms with E-state index in [4.69, 9.17) is 4.74 Å². The predicted octanol–water partition coefficient (Wildman–Crippen LogP) is 4.82. The number of urea groups is 2. The predicted molar refractivity (Wildman–Crippen MR) is 128 cm³/mol. The summed E-state index contributed by atoms with van der Waals surface area (Å²) in [7, 11) is 1.32. The Morgan fingerprint density at radius 1 is 1.06 bits per heavy atom. The topological polar surface area (TPSA) is 99.8 Å². The monoisotopic (exact) mass is 450 g/mol. The van der Waals surface area contributed by atoms with Gasteiger partial charge in [0.15, 0.2) is 0 Å². The third-order valence-electron chi connectivity index (χ3n) is 5.60. The molecule has 3 N–H and O–H groups in total. The normalized spacial score (nSPS) is 15.7. The Morgan fingerprint density at radius 3 is 2.39 bits per heavy atom. The number of hydrogen-bond acceptors (Lipinski definition) is 4. The number of para-hydroxylation sites is 1. The van der Waals surface area contributed by atoms with E-state index in [2.05, 4.69) is 16.0 Å². The lowest BCUT2D eigenvalue weighted by atomic mass is 9.94. The number of hydrogen-bond donors (Lipinski definition) is 3. The highest BCUT2D eigenvalue weighted by molar-refractivity contribution is 6.00. The number of ether oxygens (including phenoxy) is 1. The fourth-order valence-electron chi connectivity index (χ4n) is 3.89. The van der Waals surface area contributed by atoms with Crippen molar-refractivity contribution in [2.75, 3.05) is 24.3 Å². The molecule has 1 aliphatic rings. The highest BCUT2D eigenvalue weighted by Crippen LogP contribution is 2.32. The van der Waals surface area contributed by atoms with Crippen LogP contribution in [0.25, 0.3) is 0 Å². The van der Waals surface area contributed by atoms with E-state index >= 15 is 0 Å². The molecule has 4 amide bonds. The van der Waals surface area contributed by atoms with E-state index in [1.807, 2.05) is 38.1 Å². The number of nitrogens with one attached hydrogen (secondary N) is 3. The molecule has 0 saturated heterocycles. The van der Waals surface area contributed by atoms with Crippen LogP contribution < -0.4 is 16.0 Å². The molecule has 2 aromatic carbocycles. The van der Waals surface area contributed by atoms with Crippen LogP contribution in [-0.4, -0.2) is 36.6 Å². The van der Waals surface area contributed by atoms with Crippen LogP contribution in [0.5, 0.6) is 0 Å². The number of rotatable bonds is 7. The zero-order valence-electron chi connectivity index (χ0n) is 19.4. The number of nitrogens with zero attached hydrogens (tertiary/aromatic N) is 1. The first kappa shape index (κ1) is 23.8. The van der Waals surface area contributed by atoms with Crippen LogP contribution in [0, 0.1) is 0 Å². The molecule has 33 heavy (non-hydrogen) atoms. The Hall–Kier alpha value is -3.81. The van der Waals surface area contributed by atoms with Gasteiger partial charge in [0.05, 0.1) is 18.7 Å². The number of anilines is 2. The Balaban J connectivity index is 1.78. The number of methoxy groups -OCH3 is 1. The van der Waals surface area contributed by atoms with Crippen molar-refractivity contribution in [2.45, 2.75) is 39.7 Å². The van der Waals surface area contributed by atoms with Gasteiger partial charge in [-0.3, -0.25) is 4.90 Å². The summed E-state index contributed by atoms with van der Waals surface area (Å²) in [5.41, 5.74) is 4.07. The Labute approximate surface area is 194 Å². The van der Waals surface area contributed by atoms with Gasteiger partial charge in [-0.15, -0.1) is 0 Å². The fourth-order valence-corrected chi connectivity index (χ4v) is 3.89. The van der Waals surface area contributed by atoms with Crippen LogP contribution in [-0.2, 0) is 16.0 Å². The quantitative estimate of drug-likeness (QED) is 0.527. The molecule has 0 spiro atoms. The SMILES string of the molecule is CCCN1C(=O)N[C@H](c2ccc(NC(=O)Nc3ccccc3CC)cc2)C(C(=O)OC)=C1C. The average Bonchev–Trinajstić information content (AvgIpc) is 2.81. The molecule has 0 unspecified atom stereocenters. The molecule has 2 aromatic rings. The molecule has 1 atom stereocenters. The van der Waals surface area contributed by atoms with E-state index in [9.17, 15) is 14.4 Å². The molecule has 0 radical (unpaired) electrons. The molecule has 8 nitrogen and oxygen atoms in total. The first-order valence-corrected chi connectivity index (χ1v) is 11.0. The van der Waals surface area contributed by atoms with Crippen molar-refractivity contribution in [3.05, 3.63) is 70.9 Å². The van der Waals surface area contributed by atoms with Gasteiger partial charge >= 0.3 is 18.0 Å². The standard InChI is InChI=1S/C25H30N4O4/c1-5-15-29-16(3)21(23(30)33-4)22(28-25(29)32)18-11-13-19(14-12-18)26-24(31)27-20-10-8-7-9-17(20)6-2/h7-14,22H,5-6,15H2,1-4H3,(H,28,32)(H2,26,27,31)/t22-/m1/s1. The van der Waals surface area contributed by atoms with E-state index in [1.54, 1.807) is 36.1 Å².